The lowest BCUT2D eigenvalue weighted by Crippen LogP contribution is -2.08. The molecule has 0 spiro atoms. The topological polar surface area (TPSA) is 77.8 Å². The molecule has 0 fully saturated rings. The molecule has 0 atom stereocenters. The predicted molar refractivity (Wildman–Crippen MR) is 214 cm³/mol. The number of benzene rings is 3. The number of anilines is 2. The van der Waals surface area contributed by atoms with E-state index in [1.54, 1.807) is 71.3 Å². The first-order valence-corrected chi connectivity index (χ1v) is 19.9. The van der Waals surface area contributed by atoms with Crippen molar-refractivity contribution in [3.63, 3.8) is 0 Å². The fourth-order valence-electron chi connectivity index (χ4n) is 5.96. The highest BCUT2D eigenvalue weighted by molar-refractivity contribution is 7.26. The van der Waals surface area contributed by atoms with Crippen molar-refractivity contribution in [2.75, 3.05) is 11.5 Å². The predicted octanol–water partition coefficient (Wildman–Crippen LogP) is 13.4. The molecule has 0 saturated carbocycles. The molecule has 3 aromatic carbocycles. The molecule has 5 aromatic heterocycles. The van der Waals surface area contributed by atoms with Crippen LogP contribution >= 0.6 is 57.1 Å². The Morgan fingerprint density at radius 2 is 0.784 bits per heavy atom. The van der Waals surface area contributed by atoms with Crippen LogP contribution in [0.15, 0.2) is 97.1 Å². The van der Waals surface area contributed by atoms with Crippen molar-refractivity contribution in [2.24, 2.45) is 0 Å². The van der Waals surface area contributed by atoms with Gasteiger partial charge in [-0.3, -0.25) is 0 Å². The van der Waals surface area contributed by atoms with Crippen molar-refractivity contribution >= 4 is 79.5 Å². The molecular weight excluding hydrogens is 742 g/mol. The number of nitrogen functional groups attached to an aromatic ring is 2. The molecule has 0 saturated heterocycles. The van der Waals surface area contributed by atoms with E-state index >= 15 is 0 Å². The maximum Gasteiger partial charge on any atom is 0.270 e. The number of halogens is 3. The molecule has 0 aliphatic rings. The summed E-state index contributed by atoms with van der Waals surface area (Å²) in [6.07, 6.45) is 0. The number of nitrogens with two attached hydrogens (primary N) is 2. The molecule has 0 amide bonds. The first-order chi connectivity index (χ1) is 24.3. The molecule has 256 valence electrons. The number of alkyl halides is 3. The van der Waals surface area contributed by atoms with Gasteiger partial charge in [0.05, 0.1) is 23.1 Å². The largest absolute Gasteiger partial charge is 0.396 e. The molecule has 0 aliphatic heterocycles. The molecular formula is C39H29F3N4S5. The van der Waals surface area contributed by atoms with Crippen molar-refractivity contribution in [3.05, 3.63) is 108 Å². The van der Waals surface area contributed by atoms with E-state index in [-0.39, 0.29) is 5.56 Å². The van der Waals surface area contributed by atoms with Gasteiger partial charge in [-0.05, 0) is 79.1 Å². The minimum absolute atomic E-state index is 0.00345. The van der Waals surface area contributed by atoms with Gasteiger partial charge in [0.1, 0.15) is 16.7 Å². The lowest BCUT2D eigenvalue weighted by molar-refractivity contribution is 0.0175. The van der Waals surface area contributed by atoms with Gasteiger partial charge < -0.3 is 11.5 Å². The van der Waals surface area contributed by atoms with Crippen molar-refractivity contribution in [1.29, 1.82) is 0 Å². The van der Waals surface area contributed by atoms with E-state index in [9.17, 15) is 13.2 Å². The molecule has 4 N–H and O–H groups in total. The van der Waals surface area contributed by atoms with E-state index < -0.39 is 11.6 Å². The molecule has 0 bridgehead atoms. The van der Waals surface area contributed by atoms with Gasteiger partial charge in [-0.1, -0.05) is 48.5 Å². The van der Waals surface area contributed by atoms with Crippen molar-refractivity contribution in [2.45, 2.75) is 32.4 Å². The van der Waals surface area contributed by atoms with Gasteiger partial charge in [-0.2, -0.15) is 8.75 Å². The average molecular weight is 771 g/mol. The third-order valence-corrected chi connectivity index (χ3v) is 14.1. The summed E-state index contributed by atoms with van der Waals surface area (Å²) < 4.78 is 51.2. The number of hydrogen-bond donors (Lipinski definition) is 2. The summed E-state index contributed by atoms with van der Waals surface area (Å²) in [5.74, 6) is -2.87. The Morgan fingerprint density at radius 3 is 1.16 bits per heavy atom. The van der Waals surface area contributed by atoms with Gasteiger partial charge in [-0.25, -0.2) is 13.2 Å². The van der Waals surface area contributed by atoms with E-state index in [0.29, 0.717) is 28.0 Å². The maximum atomic E-state index is 14.4. The Kier molecular flexibility index (Phi) is 8.42. The van der Waals surface area contributed by atoms with Gasteiger partial charge in [-0.15, -0.1) is 45.3 Å². The lowest BCUT2D eigenvalue weighted by Gasteiger charge is -2.14. The fourth-order valence-corrected chi connectivity index (χ4v) is 10.9. The lowest BCUT2D eigenvalue weighted by atomic mass is 9.99. The molecule has 12 heteroatoms. The molecule has 8 rings (SSSR count). The van der Waals surface area contributed by atoms with E-state index in [0.717, 1.165) is 79.9 Å². The van der Waals surface area contributed by atoms with Crippen molar-refractivity contribution < 1.29 is 13.2 Å². The van der Waals surface area contributed by atoms with Crippen LogP contribution in [0.25, 0.3) is 72.3 Å². The highest BCUT2D eigenvalue weighted by Crippen LogP contribution is 2.50. The third-order valence-electron chi connectivity index (χ3n) is 8.73. The standard InChI is InChI=1S/C39H29F3N4S5/c1-38(2,40)22-8-4-20(5-9-22)24-12-14-26(47-24)28-16-18-30(49-28)32-34(43)35(44)33(37-36(32)45-51-46-37)31-19-17-29(50-31)27-15-13-25(48-27)21-6-10-23(11-7-21)39(3,41)42/h4-19H,43-44H2,1-3H3. The van der Waals surface area contributed by atoms with Crippen LogP contribution in [-0.4, -0.2) is 8.75 Å². The second kappa shape index (κ2) is 12.7. The van der Waals surface area contributed by atoms with E-state index in [1.807, 2.05) is 42.5 Å². The molecule has 8 aromatic rings. The fraction of sp³-hybridized carbons (Fsp3) is 0.128. The first-order valence-electron chi connectivity index (χ1n) is 15.9. The van der Waals surface area contributed by atoms with Crippen molar-refractivity contribution in [1.82, 2.24) is 8.75 Å². The zero-order chi connectivity index (χ0) is 35.7. The summed E-state index contributed by atoms with van der Waals surface area (Å²) in [5.41, 5.74) is 18.8. The van der Waals surface area contributed by atoms with Crippen LogP contribution in [0.1, 0.15) is 31.9 Å². The second-order valence-corrected chi connectivity index (χ2v) is 17.6. The molecule has 51 heavy (non-hydrogen) atoms. The summed E-state index contributed by atoms with van der Waals surface area (Å²) in [4.78, 5) is 8.32. The summed E-state index contributed by atoms with van der Waals surface area (Å²) in [7, 11) is 0. The number of nitrogens with zero attached hydrogens (tertiary/aromatic N) is 2. The summed E-state index contributed by atoms with van der Waals surface area (Å²) in [6, 6.07) is 30.6. The third kappa shape index (κ3) is 6.29. The minimum atomic E-state index is -2.87. The monoisotopic (exact) mass is 770 g/mol. The molecule has 0 radical (unpaired) electrons. The molecule has 5 heterocycles. The van der Waals surface area contributed by atoms with Gasteiger partial charge in [0.25, 0.3) is 5.92 Å². The molecule has 0 unspecified atom stereocenters. The number of rotatable bonds is 8. The van der Waals surface area contributed by atoms with Crippen LogP contribution < -0.4 is 11.5 Å². The minimum Gasteiger partial charge on any atom is -0.396 e. The zero-order valence-corrected chi connectivity index (χ0v) is 31.5. The summed E-state index contributed by atoms with van der Waals surface area (Å²) >= 11 is 7.65. The van der Waals surface area contributed by atoms with Crippen LogP contribution in [0.5, 0.6) is 0 Å². The van der Waals surface area contributed by atoms with Gasteiger partial charge in [0.15, 0.2) is 0 Å². The second-order valence-electron chi connectivity index (χ2n) is 12.7. The maximum absolute atomic E-state index is 14.4. The van der Waals surface area contributed by atoms with E-state index in [4.69, 9.17) is 20.2 Å². The molecule has 0 aliphatic carbocycles. The van der Waals surface area contributed by atoms with E-state index in [1.165, 1.54) is 12.1 Å². The van der Waals surface area contributed by atoms with Crippen LogP contribution in [0.2, 0.25) is 0 Å². The Balaban J connectivity index is 1.08. The first kappa shape index (κ1) is 33.8. The van der Waals surface area contributed by atoms with Crippen LogP contribution in [0, 0.1) is 0 Å². The van der Waals surface area contributed by atoms with E-state index in [2.05, 4.69) is 30.3 Å². The van der Waals surface area contributed by atoms with Crippen molar-refractivity contribution in [3.8, 4) is 61.3 Å². The quantitative estimate of drug-likeness (QED) is 0.151. The van der Waals surface area contributed by atoms with Crippen LogP contribution in [-0.2, 0) is 11.6 Å². The Hall–Kier alpha value is -4.33. The number of hydrogen-bond acceptors (Lipinski definition) is 9. The SMILES string of the molecule is CC(C)(F)c1ccc(-c2ccc(-c3ccc(-c4c(N)c(N)c(-c5ccc(-c6ccc(-c7ccc(C(C)(F)F)cc7)s6)s5)c5nsnc45)s3)s2)cc1. The smallest absolute Gasteiger partial charge is 0.270 e. The Bertz CT molecular complexity index is 2350. The average Bonchev–Trinajstić information content (AvgIpc) is 3.94. The normalized spacial score (nSPS) is 12.3. The number of aromatic nitrogens is 2. The van der Waals surface area contributed by atoms with Gasteiger partial charge >= 0.3 is 0 Å². The number of thiophene rings is 4. The highest BCUT2D eigenvalue weighted by atomic mass is 32.1. The molecule has 4 nitrogen and oxygen atoms in total. The zero-order valence-electron chi connectivity index (χ0n) is 27.5. The van der Waals surface area contributed by atoms with Gasteiger partial charge in [0.2, 0.25) is 0 Å². The van der Waals surface area contributed by atoms with Gasteiger partial charge in [0, 0.05) is 62.6 Å². The van der Waals surface area contributed by atoms with Crippen LogP contribution in [0.3, 0.4) is 0 Å². The summed E-state index contributed by atoms with van der Waals surface area (Å²) in [6.45, 7) is 4.03. The Morgan fingerprint density at radius 1 is 0.451 bits per heavy atom. The summed E-state index contributed by atoms with van der Waals surface area (Å²) in [5, 5.41) is 0. The van der Waals surface area contributed by atoms with Crippen LogP contribution in [0.4, 0.5) is 24.5 Å². The Labute approximate surface area is 312 Å². The highest BCUT2D eigenvalue weighted by Gasteiger charge is 2.26. The number of fused-ring (bicyclic) bond motifs is 1.